The quantitative estimate of drug-likeness (QED) is 0.572. The van der Waals surface area contributed by atoms with Crippen LogP contribution in [0.1, 0.15) is 10.5 Å². The van der Waals surface area contributed by atoms with Gasteiger partial charge in [-0.05, 0) is 0 Å². The van der Waals surface area contributed by atoms with Crippen molar-refractivity contribution in [2.24, 2.45) is 0 Å². The molecule has 9 heavy (non-hydrogen) atoms. The second kappa shape index (κ2) is 1.98. The van der Waals surface area contributed by atoms with Crippen LogP contribution < -0.4 is 5.73 Å². The summed E-state index contributed by atoms with van der Waals surface area (Å²) >= 11 is 0.869. The molecule has 1 aromatic rings. The lowest BCUT2D eigenvalue weighted by molar-refractivity contribution is 0.0691. The third kappa shape index (κ3) is 0.968. The predicted molar refractivity (Wildman–Crippen MR) is 31.3 cm³/mol. The molecule has 0 spiro atoms. The van der Waals surface area contributed by atoms with Crippen LogP contribution in [0.3, 0.4) is 0 Å². The van der Waals surface area contributed by atoms with Crippen LogP contribution in [0.4, 0.5) is 5.00 Å². The van der Waals surface area contributed by atoms with Crippen LogP contribution in [0.15, 0.2) is 0 Å². The number of rotatable bonds is 1. The number of aromatic nitrogens is 2. The van der Waals surface area contributed by atoms with Crippen LogP contribution in [-0.2, 0) is 0 Å². The number of aromatic carboxylic acids is 1. The minimum absolute atomic E-state index is 0.141. The molecule has 3 N–H and O–H groups in total. The lowest BCUT2D eigenvalue weighted by atomic mass is 10.5. The SMILES string of the molecule is Nc1snnc1C(=O)O. The topological polar surface area (TPSA) is 89.1 Å². The maximum Gasteiger partial charge on any atom is 0.359 e. The van der Waals surface area contributed by atoms with Gasteiger partial charge in [0, 0.05) is 11.5 Å². The molecule has 0 unspecified atom stereocenters. The van der Waals surface area contributed by atoms with Gasteiger partial charge in [-0.15, -0.1) is 5.10 Å². The molecule has 0 bridgehead atoms. The highest BCUT2D eigenvalue weighted by atomic mass is 32.1. The predicted octanol–water partition coefficient (Wildman–Crippen LogP) is -0.181. The Balaban J connectivity index is 3.08. The fourth-order valence-electron chi connectivity index (χ4n) is 0.346. The molecule has 0 aliphatic heterocycles. The summed E-state index contributed by atoms with van der Waals surface area (Å²) in [6, 6.07) is 0. The average molecular weight is 145 g/mol. The van der Waals surface area contributed by atoms with E-state index in [1.54, 1.807) is 0 Å². The minimum atomic E-state index is -1.14. The van der Waals surface area contributed by atoms with Crippen molar-refractivity contribution in [1.29, 1.82) is 0 Å². The molecule has 0 fully saturated rings. The van der Waals surface area contributed by atoms with Crippen molar-refractivity contribution < 1.29 is 9.90 Å². The van der Waals surface area contributed by atoms with Gasteiger partial charge < -0.3 is 10.8 Å². The number of anilines is 1. The van der Waals surface area contributed by atoms with E-state index < -0.39 is 5.97 Å². The maximum absolute atomic E-state index is 10.1. The van der Waals surface area contributed by atoms with Crippen LogP contribution in [0.25, 0.3) is 0 Å². The van der Waals surface area contributed by atoms with E-state index in [0.29, 0.717) is 0 Å². The van der Waals surface area contributed by atoms with E-state index in [1.165, 1.54) is 0 Å². The molecular weight excluding hydrogens is 142 g/mol. The molecule has 0 amide bonds. The molecule has 6 heteroatoms. The Kier molecular flexibility index (Phi) is 1.31. The zero-order chi connectivity index (χ0) is 6.85. The molecule has 1 rings (SSSR count). The molecule has 1 aromatic heterocycles. The van der Waals surface area contributed by atoms with Crippen molar-refractivity contribution in [3.05, 3.63) is 5.69 Å². The van der Waals surface area contributed by atoms with Gasteiger partial charge in [-0.3, -0.25) is 0 Å². The molecule has 0 saturated carbocycles. The minimum Gasteiger partial charge on any atom is -0.476 e. The Labute approximate surface area is 54.3 Å². The number of hydrogen-bond donors (Lipinski definition) is 2. The third-order valence-corrected chi connectivity index (χ3v) is 1.27. The summed E-state index contributed by atoms with van der Waals surface area (Å²) in [7, 11) is 0. The zero-order valence-electron chi connectivity index (χ0n) is 4.24. The Bertz CT molecular complexity index is 233. The summed E-state index contributed by atoms with van der Waals surface area (Å²) in [5.74, 6) is -1.14. The number of hydrogen-bond acceptors (Lipinski definition) is 5. The Morgan fingerprint density at radius 1 is 1.78 bits per heavy atom. The molecule has 0 aromatic carbocycles. The summed E-state index contributed by atoms with van der Waals surface area (Å²) in [5.41, 5.74) is 4.99. The average Bonchev–Trinajstić information content (AvgIpc) is 2.13. The van der Waals surface area contributed by atoms with Crippen molar-refractivity contribution in [3.8, 4) is 0 Å². The van der Waals surface area contributed by atoms with Crippen molar-refractivity contribution >= 4 is 22.5 Å². The number of nitrogen functional groups attached to an aromatic ring is 1. The van der Waals surface area contributed by atoms with E-state index in [2.05, 4.69) is 9.59 Å². The van der Waals surface area contributed by atoms with Crippen LogP contribution >= 0.6 is 11.5 Å². The van der Waals surface area contributed by atoms with Crippen LogP contribution in [0, 0.1) is 0 Å². The van der Waals surface area contributed by atoms with Gasteiger partial charge in [0.1, 0.15) is 5.00 Å². The number of carboxylic acid groups (broad SMARTS) is 1. The first-order valence-corrected chi connectivity index (χ1v) is 2.80. The summed E-state index contributed by atoms with van der Waals surface area (Å²) in [4.78, 5) is 10.1. The van der Waals surface area contributed by atoms with Crippen molar-refractivity contribution in [2.75, 3.05) is 5.73 Å². The van der Waals surface area contributed by atoms with Gasteiger partial charge in [-0.2, -0.15) is 0 Å². The maximum atomic E-state index is 10.1. The zero-order valence-corrected chi connectivity index (χ0v) is 5.05. The van der Waals surface area contributed by atoms with Gasteiger partial charge in [0.25, 0.3) is 0 Å². The van der Waals surface area contributed by atoms with Gasteiger partial charge >= 0.3 is 5.97 Å². The first-order valence-electron chi connectivity index (χ1n) is 2.03. The van der Waals surface area contributed by atoms with Crippen molar-refractivity contribution in [3.63, 3.8) is 0 Å². The van der Waals surface area contributed by atoms with Crippen molar-refractivity contribution in [1.82, 2.24) is 9.59 Å². The first-order chi connectivity index (χ1) is 4.22. The third-order valence-electron chi connectivity index (χ3n) is 0.716. The van der Waals surface area contributed by atoms with E-state index in [4.69, 9.17) is 10.8 Å². The van der Waals surface area contributed by atoms with Gasteiger partial charge in [-0.25, -0.2) is 4.79 Å². The lowest BCUT2D eigenvalue weighted by Crippen LogP contribution is -2.00. The molecule has 0 aliphatic rings. The second-order valence-electron chi connectivity index (χ2n) is 1.29. The highest BCUT2D eigenvalue weighted by molar-refractivity contribution is 7.10. The number of nitrogens with two attached hydrogens (primary N) is 1. The smallest absolute Gasteiger partial charge is 0.359 e. The Morgan fingerprint density at radius 3 is 2.67 bits per heavy atom. The number of carboxylic acids is 1. The molecule has 1 heterocycles. The normalized spacial score (nSPS) is 9.33. The van der Waals surface area contributed by atoms with Gasteiger partial charge in [0.05, 0.1) is 0 Å². The highest BCUT2D eigenvalue weighted by Crippen LogP contribution is 2.10. The summed E-state index contributed by atoms with van der Waals surface area (Å²) in [6.45, 7) is 0. The molecular formula is C3H3N3O2S. The molecule has 0 atom stereocenters. The van der Waals surface area contributed by atoms with Crippen LogP contribution in [-0.4, -0.2) is 20.7 Å². The second-order valence-corrected chi connectivity index (χ2v) is 2.08. The van der Waals surface area contributed by atoms with Crippen molar-refractivity contribution in [2.45, 2.75) is 0 Å². The van der Waals surface area contributed by atoms with E-state index in [1.807, 2.05) is 0 Å². The number of carbonyl (C=O) groups is 1. The molecule has 0 saturated heterocycles. The standard InChI is InChI=1S/C3H3N3O2S/c4-2-1(3(7)8)5-6-9-2/h4H2,(H,7,8). The van der Waals surface area contributed by atoms with Crippen LogP contribution in [0.2, 0.25) is 0 Å². The van der Waals surface area contributed by atoms with Gasteiger partial charge in [0.2, 0.25) is 5.69 Å². The fourth-order valence-corrected chi connectivity index (χ4v) is 0.771. The summed E-state index contributed by atoms with van der Waals surface area (Å²) in [5, 5.41) is 11.7. The summed E-state index contributed by atoms with van der Waals surface area (Å²) < 4.78 is 3.33. The Hall–Kier alpha value is -1.17. The fraction of sp³-hybridized carbons (Fsp3) is 0. The Morgan fingerprint density at radius 2 is 2.44 bits per heavy atom. The van der Waals surface area contributed by atoms with E-state index in [9.17, 15) is 4.79 Å². The largest absolute Gasteiger partial charge is 0.476 e. The molecule has 48 valence electrons. The van der Waals surface area contributed by atoms with E-state index in [-0.39, 0.29) is 10.7 Å². The first kappa shape index (κ1) is 5.96. The lowest BCUT2D eigenvalue weighted by Gasteiger charge is -1.82. The van der Waals surface area contributed by atoms with Crippen LogP contribution in [0.5, 0.6) is 0 Å². The molecule has 5 nitrogen and oxygen atoms in total. The molecule has 0 radical (unpaired) electrons. The molecule has 0 aliphatic carbocycles. The van der Waals surface area contributed by atoms with E-state index >= 15 is 0 Å². The number of nitrogens with zero attached hydrogens (tertiary/aromatic N) is 2. The monoisotopic (exact) mass is 145 g/mol. The van der Waals surface area contributed by atoms with Gasteiger partial charge in [0.15, 0.2) is 0 Å². The van der Waals surface area contributed by atoms with E-state index in [0.717, 1.165) is 11.5 Å². The highest BCUT2D eigenvalue weighted by Gasteiger charge is 2.10. The summed E-state index contributed by atoms with van der Waals surface area (Å²) in [6.07, 6.45) is 0. The van der Waals surface area contributed by atoms with Gasteiger partial charge in [-0.1, -0.05) is 4.49 Å².